The lowest BCUT2D eigenvalue weighted by molar-refractivity contribution is -0.136. The Morgan fingerprint density at radius 2 is 2.19 bits per heavy atom. The molecule has 1 aromatic carbocycles. The van der Waals surface area contributed by atoms with Gasteiger partial charge in [-0.1, -0.05) is 24.5 Å². The van der Waals surface area contributed by atoms with Crippen LogP contribution in [-0.4, -0.2) is 57.2 Å². The Balaban J connectivity index is 2.03. The van der Waals surface area contributed by atoms with E-state index in [-0.39, 0.29) is 18.6 Å². The highest BCUT2D eigenvalue weighted by atomic mass is 16.5. The van der Waals surface area contributed by atoms with Crippen LogP contribution in [0.1, 0.15) is 30.9 Å². The number of carboxylic acid groups (broad SMARTS) is 1. The highest BCUT2D eigenvalue weighted by molar-refractivity contribution is 6.34. The monoisotopic (exact) mass is 365 g/mol. The SMILES string of the molecule is [B]c1cc(OC)c2c3c1CC(N(C)C)C1=CC=C(CC(=O)O)[C@@H](O2)[C@]13CC. The van der Waals surface area contributed by atoms with Crippen molar-refractivity contribution in [1.82, 2.24) is 4.90 Å². The van der Waals surface area contributed by atoms with Gasteiger partial charge in [-0.25, -0.2) is 0 Å². The Labute approximate surface area is 161 Å². The van der Waals surface area contributed by atoms with Crippen LogP contribution in [0.15, 0.2) is 29.4 Å². The smallest absolute Gasteiger partial charge is 0.307 e. The maximum Gasteiger partial charge on any atom is 0.307 e. The second-order valence-electron chi connectivity index (χ2n) is 7.79. The van der Waals surface area contributed by atoms with Gasteiger partial charge >= 0.3 is 5.97 Å². The first kappa shape index (κ1) is 18.2. The minimum atomic E-state index is -0.851. The van der Waals surface area contributed by atoms with E-state index in [1.807, 2.05) is 12.1 Å². The van der Waals surface area contributed by atoms with Crippen molar-refractivity contribution < 1.29 is 19.4 Å². The Bertz CT molecular complexity index is 889. The zero-order chi connectivity index (χ0) is 19.5. The second-order valence-corrected chi connectivity index (χ2v) is 7.79. The van der Waals surface area contributed by atoms with Gasteiger partial charge in [-0.3, -0.25) is 4.79 Å². The second kappa shape index (κ2) is 6.16. The summed E-state index contributed by atoms with van der Waals surface area (Å²) in [5.41, 5.74) is 4.56. The van der Waals surface area contributed by atoms with Crippen molar-refractivity contribution in [3.8, 4) is 11.5 Å². The van der Waals surface area contributed by atoms with Gasteiger partial charge in [0.15, 0.2) is 11.5 Å². The summed E-state index contributed by atoms with van der Waals surface area (Å²) in [6, 6.07) is 2.02. The lowest BCUT2D eigenvalue weighted by Gasteiger charge is -2.48. The molecule has 1 aliphatic heterocycles. The molecule has 0 saturated heterocycles. The standard InChI is InChI=1S/C21H24BNO4/c1-5-21-13-7-6-11(8-17(24)25)20(21)27-19-16(26-4)10-14(22)12(18(19)21)9-15(13)23(2)3/h6-7,10,15,20H,5,8-9H2,1-4H3,(H,24,25)/t15?,20-,21-/m1/s1. The van der Waals surface area contributed by atoms with Crippen LogP contribution in [0.4, 0.5) is 0 Å². The molecule has 0 fully saturated rings. The lowest BCUT2D eigenvalue weighted by Crippen LogP contribution is -2.53. The van der Waals surface area contributed by atoms with E-state index in [9.17, 15) is 9.90 Å². The Kier molecular flexibility index (Phi) is 4.15. The molecule has 1 N–H and O–H groups in total. The molecule has 0 bridgehead atoms. The topological polar surface area (TPSA) is 59.0 Å². The van der Waals surface area contributed by atoms with Crippen LogP contribution in [0.3, 0.4) is 0 Å². The third-order valence-electron chi connectivity index (χ3n) is 6.36. The summed E-state index contributed by atoms with van der Waals surface area (Å²) >= 11 is 0. The van der Waals surface area contributed by atoms with Crippen LogP contribution in [-0.2, 0) is 16.6 Å². The molecule has 1 unspecified atom stereocenters. The van der Waals surface area contributed by atoms with Crippen LogP contribution < -0.4 is 14.9 Å². The van der Waals surface area contributed by atoms with Crippen molar-refractivity contribution in [2.45, 2.75) is 43.7 Å². The molecule has 0 aromatic heterocycles. The number of nitrogens with zero attached hydrogens (tertiary/aromatic N) is 1. The first-order valence-corrected chi connectivity index (χ1v) is 9.30. The zero-order valence-electron chi connectivity index (χ0n) is 16.2. The number of carbonyl (C=O) groups is 1. The van der Waals surface area contributed by atoms with Crippen molar-refractivity contribution >= 4 is 19.3 Å². The van der Waals surface area contributed by atoms with Gasteiger partial charge in [0.1, 0.15) is 14.0 Å². The van der Waals surface area contributed by atoms with E-state index in [0.29, 0.717) is 11.2 Å². The number of ether oxygens (including phenoxy) is 2. The largest absolute Gasteiger partial charge is 0.493 e. The average molecular weight is 365 g/mol. The van der Waals surface area contributed by atoms with E-state index in [1.54, 1.807) is 7.11 Å². The number of hydrogen-bond acceptors (Lipinski definition) is 4. The predicted octanol–water partition coefficient (Wildman–Crippen LogP) is 1.73. The molecular weight excluding hydrogens is 341 g/mol. The number of hydrogen-bond donors (Lipinski definition) is 1. The summed E-state index contributed by atoms with van der Waals surface area (Å²) in [7, 11) is 12.2. The van der Waals surface area contributed by atoms with Crippen molar-refractivity contribution in [3.05, 3.63) is 40.5 Å². The molecule has 5 nitrogen and oxygen atoms in total. The van der Waals surface area contributed by atoms with Crippen LogP contribution in [0.25, 0.3) is 0 Å². The molecule has 4 rings (SSSR count). The average Bonchev–Trinajstić information content (AvgIpc) is 2.98. The quantitative estimate of drug-likeness (QED) is 0.806. The van der Waals surface area contributed by atoms with E-state index < -0.39 is 11.4 Å². The van der Waals surface area contributed by atoms with Crippen molar-refractivity contribution in [1.29, 1.82) is 0 Å². The van der Waals surface area contributed by atoms with Crippen LogP contribution >= 0.6 is 0 Å². The molecule has 2 aliphatic carbocycles. The minimum Gasteiger partial charge on any atom is -0.493 e. The fourth-order valence-corrected chi connectivity index (χ4v) is 5.19. The van der Waals surface area contributed by atoms with Gasteiger partial charge < -0.3 is 19.5 Å². The number of rotatable bonds is 5. The molecule has 140 valence electrons. The number of allylic oxidation sites excluding steroid dienone is 2. The van der Waals surface area contributed by atoms with Gasteiger partial charge in [0.05, 0.1) is 18.9 Å². The molecule has 3 aliphatic rings. The van der Waals surface area contributed by atoms with Crippen molar-refractivity contribution in [2.24, 2.45) is 0 Å². The van der Waals surface area contributed by atoms with Crippen molar-refractivity contribution in [3.63, 3.8) is 0 Å². The van der Waals surface area contributed by atoms with Gasteiger partial charge in [0, 0.05) is 11.6 Å². The molecule has 1 heterocycles. The third-order valence-corrected chi connectivity index (χ3v) is 6.36. The van der Waals surface area contributed by atoms with E-state index in [4.69, 9.17) is 17.3 Å². The first-order chi connectivity index (χ1) is 12.8. The Hall–Kier alpha value is -2.21. The van der Waals surface area contributed by atoms with E-state index in [0.717, 1.165) is 35.3 Å². The van der Waals surface area contributed by atoms with Gasteiger partial charge in [-0.05, 0) is 49.7 Å². The summed E-state index contributed by atoms with van der Waals surface area (Å²) in [4.78, 5) is 13.7. The summed E-state index contributed by atoms with van der Waals surface area (Å²) < 4.78 is 12.0. The Morgan fingerprint density at radius 3 is 2.78 bits per heavy atom. The van der Waals surface area contributed by atoms with E-state index in [2.05, 4.69) is 32.0 Å². The van der Waals surface area contributed by atoms with E-state index >= 15 is 0 Å². The van der Waals surface area contributed by atoms with Crippen LogP contribution in [0, 0.1) is 0 Å². The molecule has 6 heteroatoms. The highest BCUT2D eigenvalue weighted by Gasteiger charge is 2.58. The van der Waals surface area contributed by atoms with Gasteiger partial charge in [0.25, 0.3) is 0 Å². The number of methoxy groups -OCH3 is 1. The number of carboxylic acids is 1. The molecule has 1 aromatic rings. The van der Waals surface area contributed by atoms with E-state index in [1.165, 1.54) is 5.57 Å². The fraction of sp³-hybridized carbons (Fsp3) is 0.476. The minimum absolute atomic E-state index is 0.0378. The molecule has 3 atom stereocenters. The van der Waals surface area contributed by atoms with Crippen LogP contribution in [0.5, 0.6) is 11.5 Å². The normalized spacial score (nSPS) is 27.6. The molecule has 0 spiro atoms. The Morgan fingerprint density at radius 1 is 1.44 bits per heavy atom. The predicted molar refractivity (Wildman–Crippen MR) is 104 cm³/mol. The first-order valence-electron chi connectivity index (χ1n) is 9.30. The molecule has 0 amide bonds. The molecular formula is C21H24BNO4. The summed E-state index contributed by atoms with van der Waals surface area (Å²) in [5, 5.41) is 9.41. The fourth-order valence-electron chi connectivity index (χ4n) is 5.19. The van der Waals surface area contributed by atoms with Crippen molar-refractivity contribution in [2.75, 3.05) is 21.2 Å². The molecule has 2 radical (unpaired) electrons. The highest BCUT2D eigenvalue weighted by Crippen LogP contribution is 2.60. The number of benzene rings is 1. The van der Waals surface area contributed by atoms with Crippen LogP contribution in [0.2, 0.25) is 0 Å². The molecule has 27 heavy (non-hydrogen) atoms. The number of aliphatic carboxylic acids is 1. The number of likely N-dealkylation sites (N-methyl/N-ethyl adjacent to an activating group) is 1. The summed E-state index contributed by atoms with van der Waals surface area (Å²) in [5.74, 6) is 0.483. The zero-order valence-corrected chi connectivity index (χ0v) is 16.2. The summed E-state index contributed by atoms with van der Waals surface area (Å²) in [6.07, 6.45) is 5.27. The van der Waals surface area contributed by atoms with Gasteiger partial charge in [0.2, 0.25) is 0 Å². The van der Waals surface area contributed by atoms with Gasteiger partial charge in [-0.15, -0.1) is 0 Å². The summed E-state index contributed by atoms with van der Waals surface area (Å²) in [6.45, 7) is 2.14. The van der Waals surface area contributed by atoms with Gasteiger partial charge in [-0.2, -0.15) is 0 Å². The maximum absolute atomic E-state index is 11.5. The third kappa shape index (κ3) is 2.32. The molecule has 0 saturated carbocycles. The maximum atomic E-state index is 11.5. The lowest BCUT2D eigenvalue weighted by atomic mass is 9.57.